The Morgan fingerprint density at radius 2 is 1.61 bits per heavy atom. The number of nitrogens with one attached hydrogen (secondary N) is 1. The molecule has 2 aromatic carbocycles. The Hall–Kier alpha value is -2.82. The van der Waals surface area contributed by atoms with Crippen LogP contribution in [0.2, 0.25) is 0 Å². The lowest BCUT2D eigenvalue weighted by Crippen LogP contribution is -2.50. The van der Waals surface area contributed by atoms with Crippen LogP contribution >= 0.6 is 0 Å². The monoisotopic (exact) mass is 404 g/mol. The van der Waals surface area contributed by atoms with Crippen LogP contribution in [0.4, 0.5) is 11.4 Å². The molecule has 0 aliphatic carbocycles. The molecule has 1 amide bonds. The molecule has 0 atom stereocenters. The second kappa shape index (κ2) is 8.46. The van der Waals surface area contributed by atoms with Crippen molar-refractivity contribution in [2.75, 3.05) is 38.0 Å². The Balaban J connectivity index is 1.60. The molecule has 0 bridgehead atoms. The number of rotatable bonds is 6. The van der Waals surface area contributed by atoms with Crippen LogP contribution in [0.15, 0.2) is 59.5 Å². The van der Waals surface area contributed by atoms with Crippen molar-refractivity contribution in [3.63, 3.8) is 0 Å². The molecule has 9 nitrogen and oxygen atoms in total. The van der Waals surface area contributed by atoms with Crippen LogP contribution in [0.25, 0.3) is 0 Å². The highest BCUT2D eigenvalue weighted by Crippen LogP contribution is 2.26. The van der Waals surface area contributed by atoms with Gasteiger partial charge in [0.05, 0.1) is 11.5 Å². The smallest absolute Gasteiger partial charge is 0.289 e. The third-order valence-corrected chi connectivity index (χ3v) is 6.38. The summed E-state index contributed by atoms with van der Waals surface area (Å²) in [6.07, 6.45) is 0. The van der Waals surface area contributed by atoms with Crippen LogP contribution in [-0.2, 0) is 14.8 Å². The van der Waals surface area contributed by atoms with E-state index in [2.05, 4.69) is 5.32 Å². The first-order valence-corrected chi connectivity index (χ1v) is 10.1. The summed E-state index contributed by atoms with van der Waals surface area (Å²) < 4.78 is 26.8. The maximum absolute atomic E-state index is 12.8. The Labute approximate surface area is 162 Å². The highest BCUT2D eigenvalue weighted by atomic mass is 32.2. The predicted molar refractivity (Wildman–Crippen MR) is 103 cm³/mol. The molecule has 1 fully saturated rings. The fourth-order valence-corrected chi connectivity index (χ4v) is 4.60. The minimum Gasteiger partial charge on any atom is -0.325 e. The Kier molecular flexibility index (Phi) is 6.02. The molecule has 1 aliphatic heterocycles. The number of benzene rings is 2. The normalized spacial score (nSPS) is 15.9. The van der Waals surface area contributed by atoms with Gasteiger partial charge in [0, 0.05) is 37.9 Å². The van der Waals surface area contributed by atoms with Crippen LogP contribution in [0, 0.1) is 10.1 Å². The van der Waals surface area contributed by atoms with E-state index in [-0.39, 0.29) is 30.4 Å². The summed E-state index contributed by atoms with van der Waals surface area (Å²) in [4.78, 5) is 24.1. The highest BCUT2D eigenvalue weighted by Gasteiger charge is 2.33. The van der Waals surface area contributed by atoms with E-state index in [4.69, 9.17) is 0 Å². The van der Waals surface area contributed by atoms with Gasteiger partial charge in [0.25, 0.3) is 5.69 Å². The van der Waals surface area contributed by atoms with Crippen LogP contribution in [0.1, 0.15) is 0 Å². The van der Waals surface area contributed by atoms with Gasteiger partial charge < -0.3 is 5.32 Å². The summed E-state index contributed by atoms with van der Waals surface area (Å²) >= 11 is 0. The van der Waals surface area contributed by atoms with Gasteiger partial charge in [-0.2, -0.15) is 4.31 Å². The van der Waals surface area contributed by atoms with Crippen molar-refractivity contribution >= 4 is 27.3 Å². The van der Waals surface area contributed by atoms with E-state index in [1.54, 1.807) is 12.1 Å². The van der Waals surface area contributed by atoms with E-state index < -0.39 is 20.6 Å². The zero-order valence-electron chi connectivity index (χ0n) is 15.0. The van der Waals surface area contributed by atoms with E-state index in [1.165, 1.54) is 28.6 Å². The summed E-state index contributed by atoms with van der Waals surface area (Å²) in [5.74, 6) is -0.179. The molecule has 28 heavy (non-hydrogen) atoms. The van der Waals surface area contributed by atoms with Crippen molar-refractivity contribution < 1.29 is 18.1 Å². The maximum atomic E-state index is 12.8. The van der Waals surface area contributed by atoms with Crippen LogP contribution in [-0.4, -0.2) is 61.2 Å². The minimum atomic E-state index is -3.97. The Morgan fingerprint density at radius 1 is 1.00 bits per heavy atom. The third kappa shape index (κ3) is 4.53. The highest BCUT2D eigenvalue weighted by molar-refractivity contribution is 7.89. The fraction of sp³-hybridized carbons (Fsp3) is 0.278. The molecule has 10 heteroatoms. The standard InChI is InChI=1S/C18H20N4O5S/c23-18(19-15-6-2-1-3-7-15)14-20-10-12-21(13-11-20)28(26,27)17-9-5-4-8-16(17)22(24)25/h1-9H,10-14H2,(H,19,23). The summed E-state index contributed by atoms with van der Waals surface area (Å²) in [6.45, 7) is 1.19. The van der Waals surface area contributed by atoms with Crippen LogP contribution in [0.3, 0.4) is 0 Å². The molecule has 3 rings (SSSR count). The van der Waals surface area contributed by atoms with Crippen molar-refractivity contribution in [1.29, 1.82) is 0 Å². The first-order valence-electron chi connectivity index (χ1n) is 8.69. The van der Waals surface area contributed by atoms with Crippen molar-refractivity contribution in [3.05, 3.63) is 64.7 Å². The van der Waals surface area contributed by atoms with Crippen molar-refractivity contribution in [3.8, 4) is 0 Å². The molecule has 0 aromatic heterocycles. The summed E-state index contributed by atoms with van der Waals surface area (Å²) in [5, 5.41) is 13.9. The molecule has 1 heterocycles. The molecule has 0 spiro atoms. The predicted octanol–water partition coefficient (Wildman–Crippen LogP) is 1.54. The number of carbonyl (C=O) groups excluding carboxylic acids is 1. The van der Waals surface area contributed by atoms with E-state index in [0.29, 0.717) is 18.8 Å². The number of nitrogens with zero attached hydrogens (tertiary/aromatic N) is 3. The molecule has 1 aliphatic rings. The molecule has 1 N–H and O–H groups in total. The number of anilines is 1. The second-order valence-electron chi connectivity index (χ2n) is 6.32. The van der Waals surface area contributed by atoms with Gasteiger partial charge >= 0.3 is 0 Å². The van der Waals surface area contributed by atoms with Gasteiger partial charge in [-0.25, -0.2) is 8.42 Å². The SMILES string of the molecule is O=C(CN1CCN(S(=O)(=O)c2ccccc2[N+](=O)[O-])CC1)Nc1ccccc1. The number of hydrogen-bond acceptors (Lipinski definition) is 6. The minimum absolute atomic E-state index is 0.147. The molecule has 2 aromatic rings. The lowest BCUT2D eigenvalue weighted by molar-refractivity contribution is -0.387. The van der Waals surface area contributed by atoms with E-state index in [0.717, 1.165) is 0 Å². The number of sulfonamides is 1. The molecule has 0 unspecified atom stereocenters. The summed E-state index contributed by atoms with van der Waals surface area (Å²) in [5.41, 5.74) is 0.261. The molecule has 0 radical (unpaired) electrons. The average Bonchev–Trinajstić information content (AvgIpc) is 2.69. The lowest BCUT2D eigenvalue weighted by Gasteiger charge is -2.33. The molecular formula is C18H20N4O5S. The Morgan fingerprint density at radius 3 is 2.25 bits per heavy atom. The number of piperazine rings is 1. The number of amides is 1. The molecule has 148 valence electrons. The number of nitro benzene ring substituents is 1. The lowest BCUT2D eigenvalue weighted by atomic mass is 10.3. The molecule has 0 saturated carbocycles. The van der Waals surface area contributed by atoms with Crippen molar-refractivity contribution in [2.45, 2.75) is 4.90 Å². The zero-order valence-corrected chi connectivity index (χ0v) is 15.8. The first kappa shape index (κ1) is 19.9. The first-order chi connectivity index (χ1) is 13.4. The number of nitro groups is 1. The maximum Gasteiger partial charge on any atom is 0.289 e. The van der Waals surface area contributed by atoms with Crippen molar-refractivity contribution in [2.24, 2.45) is 0 Å². The summed E-state index contributed by atoms with van der Waals surface area (Å²) in [6, 6.07) is 14.4. The van der Waals surface area contributed by atoms with E-state index in [1.807, 2.05) is 23.1 Å². The van der Waals surface area contributed by atoms with Gasteiger partial charge in [-0.1, -0.05) is 30.3 Å². The fourth-order valence-electron chi connectivity index (χ4n) is 3.02. The largest absolute Gasteiger partial charge is 0.325 e. The van der Waals surface area contributed by atoms with Gasteiger partial charge in [-0.05, 0) is 18.2 Å². The van der Waals surface area contributed by atoms with Gasteiger partial charge in [-0.15, -0.1) is 0 Å². The van der Waals surface area contributed by atoms with Gasteiger partial charge in [0.15, 0.2) is 4.90 Å². The van der Waals surface area contributed by atoms with Crippen molar-refractivity contribution in [1.82, 2.24) is 9.21 Å². The second-order valence-corrected chi connectivity index (χ2v) is 8.23. The number of para-hydroxylation sites is 2. The average molecular weight is 404 g/mol. The summed E-state index contributed by atoms with van der Waals surface area (Å²) in [7, 11) is -3.97. The Bertz CT molecular complexity index is 957. The van der Waals surface area contributed by atoms with E-state index >= 15 is 0 Å². The van der Waals surface area contributed by atoms with Crippen LogP contribution < -0.4 is 5.32 Å². The zero-order chi connectivity index (χ0) is 20.1. The molecular weight excluding hydrogens is 384 g/mol. The topological polar surface area (TPSA) is 113 Å². The number of carbonyl (C=O) groups is 1. The quantitative estimate of drug-likeness (QED) is 0.577. The van der Waals surface area contributed by atoms with Crippen LogP contribution in [0.5, 0.6) is 0 Å². The van der Waals surface area contributed by atoms with E-state index in [9.17, 15) is 23.3 Å². The van der Waals surface area contributed by atoms with Gasteiger partial charge in [0.2, 0.25) is 15.9 Å². The third-order valence-electron chi connectivity index (χ3n) is 4.44. The number of hydrogen-bond donors (Lipinski definition) is 1. The van der Waals surface area contributed by atoms with Gasteiger partial charge in [-0.3, -0.25) is 19.8 Å². The molecule has 1 saturated heterocycles. The van der Waals surface area contributed by atoms with Gasteiger partial charge in [0.1, 0.15) is 0 Å².